The minimum absolute atomic E-state index is 0.183. The lowest BCUT2D eigenvalue weighted by Crippen LogP contribution is -2.43. The van der Waals surface area contributed by atoms with Gasteiger partial charge in [-0.15, -0.1) is 0 Å². The molecule has 0 spiro atoms. The molecule has 2 N–H and O–H groups in total. The van der Waals surface area contributed by atoms with Gasteiger partial charge in [0.2, 0.25) is 0 Å². The van der Waals surface area contributed by atoms with E-state index in [-0.39, 0.29) is 11.6 Å². The van der Waals surface area contributed by atoms with Gasteiger partial charge in [0.25, 0.3) is 0 Å². The van der Waals surface area contributed by atoms with Crippen LogP contribution in [0, 0.1) is 0 Å². The highest BCUT2D eigenvalue weighted by Crippen LogP contribution is 2.25. The van der Waals surface area contributed by atoms with Gasteiger partial charge in [-0.2, -0.15) is 0 Å². The van der Waals surface area contributed by atoms with Crippen LogP contribution in [-0.4, -0.2) is 39.5 Å². The van der Waals surface area contributed by atoms with Gasteiger partial charge < -0.3 is 20.1 Å². The predicted molar refractivity (Wildman–Crippen MR) is 79.9 cm³/mol. The molecule has 0 aliphatic heterocycles. The molecule has 19 heavy (non-hydrogen) atoms. The molecule has 0 saturated carbocycles. The number of hydrogen-bond donors (Lipinski definition) is 1. The summed E-state index contributed by atoms with van der Waals surface area (Å²) in [6.07, 6.45) is 0.869. The lowest BCUT2D eigenvalue weighted by molar-refractivity contribution is 0.0104. The molecule has 0 saturated heterocycles. The maximum absolute atomic E-state index is 5.91. The van der Waals surface area contributed by atoms with Crippen molar-refractivity contribution in [3.8, 4) is 5.75 Å². The van der Waals surface area contributed by atoms with Crippen molar-refractivity contribution in [1.82, 2.24) is 0 Å². The molecule has 0 aliphatic carbocycles. The summed E-state index contributed by atoms with van der Waals surface area (Å²) in [4.78, 5) is 2.18. The molecule has 0 aromatic heterocycles. The van der Waals surface area contributed by atoms with E-state index in [0.717, 1.165) is 17.9 Å². The molecule has 1 aromatic carbocycles. The normalized spacial score (nSPS) is 13.2. The van der Waals surface area contributed by atoms with E-state index in [9.17, 15) is 0 Å². The lowest BCUT2D eigenvalue weighted by Gasteiger charge is -2.35. The highest BCUT2D eigenvalue weighted by Gasteiger charge is 2.25. The molecular formula is C15H26N2O2. The molecule has 1 aromatic rings. The zero-order chi connectivity index (χ0) is 14.5. The minimum atomic E-state index is -0.183. The first-order chi connectivity index (χ1) is 8.93. The van der Waals surface area contributed by atoms with Gasteiger partial charge in [-0.05, 0) is 32.4 Å². The van der Waals surface area contributed by atoms with Crippen molar-refractivity contribution in [1.29, 1.82) is 0 Å². The van der Waals surface area contributed by atoms with Crippen molar-refractivity contribution in [2.75, 3.05) is 32.7 Å². The number of nitrogens with two attached hydrogens (primary N) is 1. The van der Waals surface area contributed by atoms with Gasteiger partial charge >= 0.3 is 0 Å². The number of benzene rings is 1. The average molecular weight is 266 g/mol. The minimum Gasteiger partial charge on any atom is -0.497 e. The Kier molecular flexibility index (Phi) is 5.63. The largest absolute Gasteiger partial charge is 0.497 e. The standard InChI is InChI=1S/C15H26N2O2/c1-15(2,19-5)10-13(11-16)17(3)12-7-6-8-14(9-12)18-4/h6-9,13H,10-11,16H2,1-5H3. The zero-order valence-corrected chi connectivity index (χ0v) is 12.6. The Balaban J connectivity index is 2.85. The zero-order valence-electron chi connectivity index (χ0n) is 12.6. The fraction of sp³-hybridized carbons (Fsp3) is 0.600. The molecular weight excluding hydrogens is 240 g/mol. The molecule has 1 atom stereocenters. The van der Waals surface area contributed by atoms with Crippen LogP contribution in [0.5, 0.6) is 5.75 Å². The molecule has 4 nitrogen and oxygen atoms in total. The van der Waals surface area contributed by atoms with Crippen LogP contribution in [0.25, 0.3) is 0 Å². The first-order valence-electron chi connectivity index (χ1n) is 6.55. The molecule has 0 fully saturated rings. The summed E-state index contributed by atoms with van der Waals surface area (Å²) >= 11 is 0. The summed E-state index contributed by atoms with van der Waals surface area (Å²) in [5, 5.41) is 0. The Labute approximate surface area is 116 Å². The van der Waals surface area contributed by atoms with Crippen LogP contribution < -0.4 is 15.4 Å². The summed E-state index contributed by atoms with van der Waals surface area (Å²) in [6.45, 7) is 4.74. The molecule has 1 rings (SSSR count). The van der Waals surface area contributed by atoms with Crippen molar-refractivity contribution in [2.45, 2.75) is 31.9 Å². The fourth-order valence-corrected chi connectivity index (χ4v) is 2.07. The van der Waals surface area contributed by atoms with E-state index in [2.05, 4.69) is 31.9 Å². The lowest BCUT2D eigenvalue weighted by atomic mass is 9.97. The van der Waals surface area contributed by atoms with Crippen molar-refractivity contribution in [2.24, 2.45) is 5.73 Å². The topological polar surface area (TPSA) is 47.7 Å². The molecule has 0 radical (unpaired) electrons. The molecule has 0 heterocycles. The summed E-state index contributed by atoms with van der Waals surface area (Å²) in [7, 11) is 5.46. The number of likely N-dealkylation sites (N-methyl/N-ethyl adjacent to an activating group) is 1. The number of methoxy groups -OCH3 is 2. The summed E-state index contributed by atoms with van der Waals surface area (Å²) in [5.74, 6) is 0.853. The Bertz CT molecular complexity index is 393. The monoisotopic (exact) mass is 266 g/mol. The third kappa shape index (κ3) is 4.40. The highest BCUT2D eigenvalue weighted by molar-refractivity contribution is 5.51. The quantitative estimate of drug-likeness (QED) is 0.822. The van der Waals surface area contributed by atoms with E-state index >= 15 is 0 Å². The smallest absolute Gasteiger partial charge is 0.120 e. The van der Waals surface area contributed by atoms with Crippen LogP contribution in [-0.2, 0) is 4.74 Å². The predicted octanol–water partition coefficient (Wildman–Crippen LogP) is 2.27. The SMILES string of the molecule is COc1cccc(N(C)C(CN)CC(C)(C)OC)c1. The van der Waals surface area contributed by atoms with E-state index in [1.807, 2.05) is 18.2 Å². The second kappa shape index (κ2) is 6.78. The third-order valence-corrected chi connectivity index (χ3v) is 3.56. The van der Waals surface area contributed by atoms with Gasteiger partial charge in [-0.25, -0.2) is 0 Å². The Morgan fingerprint density at radius 3 is 2.53 bits per heavy atom. The summed E-state index contributed by atoms with van der Waals surface area (Å²) in [5.41, 5.74) is 6.83. The fourth-order valence-electron chi connectivity index (χ4n) is 2.07. The molecule has 108 valence electrons. The first kappa shape index (κ1) is 15.8. The van der Waals surface area contributed by atoms with E-state index in [0.29, 0.717) is 6.54 Å². The third-order valence-electron chi connectivity index (χ3n) is 3.56. The van der Waals surface area contributed by atoms with E-state index in [1.54, 1.807) is 14.2 Å². The molecule has 0 amide bonds. The molecule has 1 unspecified atom stereocenters. The van der Waals surface area contributed by atoms with Crippen LogP contribution in [0.2, 0.25) is 0 Å². The van der Waals surface area contributed by atoms with Crippen LogP contribution >= 0.6 is 0 Å². The van der Waals surface area contributed by atoms with Gasteiger partial charge in [-0.3, -0.25) is 0 Å². The Morgan fingerprint density at radius 1 is 1.32 bits per heavy atom. The van der Waals surface area contributed by atoms with Gasteiger partial charge in [0.05, 0.1) is 12.7 Å². The number of nitrogens with zero attached hydrogens (tertiary/aromatic N) is 1. The number of rotatable bonds is 7. The van der Waals surface area contributed by atoms with Crippen molar-refractivity contribution < 1.29 is 9.47 Å². The second-order valence-electron chi connectivity index (χ2n) is 5.37. The van der Waals surface area contributed by atoms with E-state index in [1.165, 1.54) is 0 Å². The van der Waals surface area contributed by atoms with Gasteiger partial charge in [0.1, 0.15) is 5.75 Å². The summed E-state index contributed by atoms with van der Waals surface area (Å²) in [6, 6.07) is 8.23. The van der Waals surface area contributed by atoms with Crippen molar-refractivity contribution in [3.05, 3.63) is 24.3 Å². The van der Waals surface area contributed by atoms with Crippen molar-refractivity contribution in [3.63, 3.8) is 0 Å². The Morgan fingerprint density at radius 2 is 2.00 bits per heavy atom. The summed E-state index contributed by atoms with van der Waals surface area (Å²) < 4.78 is 10.8. The van der Waals surface area contributed by atoms with Crippen LogP contribution in [0.4, 0.5) is 5.69 Å². The van der Waals surface area contributed by atoms with E-state index in [4.69, 9.17) is 15.2 Å². The maximum Gasteiger partial charge on any atom is 0.120 e. The van der Waals surface area contributed by atoms with Gasteiger partial charge in [0, 0.05) is 38.5 Å². The van der Waals surface area contributed by atoms with Crippen LogP contribution in [0.3, 0.4) is 0 Å². The molecule has 0 aliphatic rings. The average Bonchev–Trinajstić information content (AvgIpc) is 2.44. The molecule has 0 bridgehead atoms. The van der Waals surface area contributed by atoms with Gasteiger partial charge in [-0.1, -0.05) is 6.07 Å². The van der Waals surface area contributed by atoms with E-state index < -0.39 is 0 Å². The van der Waals surface area contributed by atoms with Crippen LogP contribution in [0.1, 0.15) is 20.3 Å². The van der Waals surface area contributed by atoms with Gasteiger partial charge in [0.15, 0.2) is 0 Å². The Hall–Kier alpha value is -1.26. The number of ether oxygens (including phenoxy) is 2. The number of hydrogen-bond acceptors (Lipinski definition) is 4. The van der Waals surface area contributed by atoms with Crippen LogP contribution in [0.15, 0.2) is 24.3 Å². The number of anilines is 1. The molecule has 4 heteroatoms. The highest BCUT2D eigenvalue weighted by atomic mass is 16.5. The van der Waals surface area contributed by atoms with Crippen molar-refractivity contribution >= 4 is 5.69 Å². The maximum atomic E-state index is 5.91. The first-order valence-corrected chi connectivity index (χ1v) is 6.55. The second-order valence-corrected chi connectivity index (χ2v) is 5.37.